The van der Waals surface area contributed by atoms with Crippen molar-refractivity contribution < 1.29 is 14.7 Å². The number of hydrogen-bond acceptors (Lipinski definition) is 3. The molecule has 2 N–H and O–H groups in total. The highest BCUT2D eigenvalue weighted by Gasteiger charge is 2.28. The largest absolute Gasteiger partial charge is 0.464 e. The molecule has 1 heterocycles. The molecule has 1 aromatic rings. The summed E-state index contributed by atoms with van der Waals surface area (Å²) in [6.07, 6.45) is -1.24. The van der Waals surface area contributed by atoms with Gasteiger partial charge in [-0.05, 0) is 39.8 Å². The first-order valence-corrected chi connectivity index (χ1v) is 5.97. The molecule has 0 bridgehead atoms. The highest BCUT2D eigenvalue weighted by atomic mass is 35.5. The van der Waals surface area contributed by atoms with E-state index in [-0.39, 0.29) is 10.7 Å². The van der Waals surface area contributed by atoms with E-state index in [1.807, 2.05) is 0 Å². The van der Waals surface area contributed by atoms with Gasteiger partial charge < -0.3 is 5.11 Å². The lowest BCUT2D eigenvalue weighted by molar-refractivity contribution is 0.0497. The van der Waals surface area contributed by atoms with E-state index in [0.717, 1.165) is 5.01 Å². The quantitative estimate of drug-likeness (QED) is 0.613. The van der Waals surface area contributed by atoms with Crippen LogP contribution in [-0.2, 0) is 0 Å². The van der Waals surface area contributed by atoms with Crippen LogP contribution in [0.3, 0.4) is 0 Å². The third-order valence-electron chi connectivity index (χ3n) is 2.26. The number of hydrogen-bond donors (Lipinski definition) is 2. The lowest BCUT2D eigenvalue weighted by Gasteiger charge is -2.32. The van der Waals surface area contributed by atoms with Gasteiger partial charge in [0, 0.05) is 11.3 Å². The number of aromatic nitrogens is 1. The molecule has 1 rings (SSSR count). The zero-order valence-corrected chi connectivity index (χ0v) is 11.9. The van der Waals surface area contributed by atoms with Gasteiger partial charge in [0.25, 0.3) is 5.91 Å². The number of carbonyl (C=O) groups is 2. The second-order valence-electron chi connectivity index (χ2n) is 5.05. The number of carboxylic acid groups (broad SMARTS) is 1. The van der Waals surface area contributed by atoms with Crippen molar-refractivity contribution in [3.05, 3.63) is 28.5 Å². The number of halogens is 1. The SMILES string of the molecule is Cc1cc(C(=O)NN(C(=O)O)C(C)(C)C)cc(Cl)n1. The predicted molar refractivity (Wildman–Crippen MR) is 71.1 cm³/mol. The molecule has 0 saturated carbocycles. The van der Waals surface area contributed by atoms with E-state index < -0.39 is 17.5 Å². The summed E-state index contributed by atoms with van der Waals surface area (Å²) in [5.74, 6) is -0.551. The molecule has 2 amide bonds. The van der Waals surface area contributed by atoms with E-state index in [1.54, 1.807) is 27.7 Å². The number of pyridine rings is 1. The molecule has 0 aliphatic heterocycles. The van der Waals surface area contributed by atoms with Crippen LogP contribution in [0.2, 0.25) is 5.15 Å². The third-order valence-corrected chi connectivity index (χ3v) is 2.45. The Labute approximate surface area is 116 Å². The minimum Gasteiger partial charge on any atom is -0.464 e. The molecule has 0 aliphatic carbocycles. The molecular formula is C12H16ClN3O3. The molecule has 0 unspecified atom stereocenters. The van der Waals surface area contributed by atoms with Crippen molar-refractivity contribution in [1.82, 2.24) is 15.4 Å². The van der Waals surface area contributed by atoms with Gasteiger partial charge in [-0.15, -0.1) is 0 Å². The van der Waals surface area contributed by atoms with Crippen molar-refractivity contribution in [1.29, 1.82) is 0 Å². The number of nitrogens with zero attached hydrogens (tertiary/aromatic N) is 2. The molecule has 0 aliphatic rings. The Bertz CT molecular complexity index is 491. The van der Waals surface area contributed by atoms with Crippen LogP contribution in [0, 0.1) is 6.92 Å². The molecule has 0 saturated heterocycles. The topological polar surface area (TPSA) is 82.5 Å². The third kappa shape index (κ3) is 4.10. The summed E-state index contributed by atoms with van der Waals surface area (Å²) in [6, 6.07) is 2.91. The Hall–Kier alpha value is -1.82. The summed E-state index contributed by atoms with van der Waals surface area (Å²) < 4.78 is 0. The number of amides is 2. The van der Waals surface area contributed by atoms with Crippen molar-refractivity contribution >= 4 is 23.6 Å². The number of aryl methyl sites for hydroxylation is 1. The predicted octanol–water partition coefficient (Wildman–Crippen LogP) is 2.47. The van der Waals surface area contributed by atoms with Gasteiger partial charge in [0.2, 0.25) is 0 Å². The van der Waals surface area contributed by atoms with E-state index >= 15 is 0 Å². The molecule has 1 aromatic heterocycles. The van der Waals surface area contributed by atoms with Crippen molar-refractivity contribution in [2.24, 2.45) is 0 Å². The molecule has 7 heteroatoms. The van der Waals surface area contributed by atoms with Crippen molar-refractivity contribution in [3.8, 4) is 0 Å². The average molecular weight is 286 g/mol. The lowest BCUT2D eigenvalue weighted by atomic mass is 10.1. The molecule has 0 spiro atoms. The molecule has 0 fully saturated rings. The monoisotopic (exact) mass is 285 g/mol. The minimum absolute atomic E-state index is 0.183. The summed E-state index contributed by atoms with van der Waals surface area (Å²) in [6.45, 7) is 6.71. The van der Waals surface area contributed by atoms with E-state index in [0.29, 0.717) is 5.69 Å². The van der Waals surface area contributed by atoms with Crippen LogP contribution >= 0.6 is 11.6 Å². The van der Waals surface area contributed by atoms with Crippen molar-refractivity contribution in [2.45, 2.75) is 33.2 Å². The van der Waals surface area contributed by atoms with Crippen molar-refractivity contribution in [2.75, 3.05) is 0 Å². The fourth-order valence-corrected chi connectivity index (χ4v) is 1.68. The number of rotatable bonds is 1. The van der Waals surface area contributed by atoms with E-state index in [1.165, 1.54) is 12.1 Å². The van der Waals surface area contributed by atoms with Crippen LogP contribution in [0.4, 0.5) is 4.79 Å². The summed E-state index contributed by atoms with van der Waals surface area (Å²) in [4.78, 5) is 27.1. The zero-order chi connectivity index (χ0) is 14.8. The Kier molecular flexibility index (Phi) is 4.36. The maximum atomic E-state index is 12.0. The van der Waals surface area contributed by atoms with Gasteiger partial charge in [-0.3, -0.25) is 10.2 Å². The Morgan fingerprint density at radius 2 is 1.95 bits per heavy atom. The van der Waals surface area contributed by atoms with E-state index in [4.69, 9.17) is 16.7 Å². The Morgan fingerprint density at radius 3 is 2.37 bits per heavy atom. The summed E-state index contributed by atoms with van der Waals surface area (Å²) in [5, 5.41) is 10.1. The molecule has 0 aromatic carbocycles. The Balaban J connectivity index is 2.97. The van der Waals surface area contributed by atoms with Gasteiger partial charge in [-0.2, -0.15) is 0 Å². The van der Waals surface area contributed by atoms with E-state index in [2.05, 4.69) is 10.4 Å². The standard InChI is InChI=1S/C12H16ClN3O3/c1-7-5-8(6-9(13)14-7)10(17)15-16(11(18)19)12(2,3)4/h5-6H,1-4H3,(H,15,17)(H,18,19). The molecular weight excluding hydrogens is 270 g/mol. The second-order valence-corrected chi connectivity index (χ2v) is 5.44. The van der Waals surface area contributed by atoms with Crippen LogP contribution in [0.5, 0.6) is 0 Å². The number of hydrazine groups is 1. The van der Waals surface area contributed by atoms with Crippen molar-refractivity contribution in [3.63, 3.8) is 0 Å². The molecule has 0 atom stereocenters. The van der Waals surface area contributed by atoms with Gasteiger partial charge in [-0.1, -0.05) is 11.6 Å². The van der Waals surface area contributed by atoms with Gasteiger partial charge in [-0.25, -0.2) is 14.8 Å². The molecule has 0 radical (unpaired) electrons. The van der Waals surface area contributed by atoms with Crippen LogP contribution in [0.1, 0.15) is 36.8 Å². The fourth-order valence-electron chi connectivity index (χ4n) is 1.43. The average Bonchev–Trinajstić information content (AvgIpc) is 2.21. The zero-order valence-electron chi connectivity index (χ0n) is 11.2. The fraction of sp³-hybridized carbons (Fsp3) is 0.417. The maximum absolute atomic E-state index is 12.0. The Morgan fingerprint density at radius 1 is 1.37 bits per heavy atom. The maximum Gasteiger partial charge on any atom is 0.426 e. The van der Waals surface area contributed by atoms with Gasteiger partial charge >= 0.3 is 6.09 Å². The normalized spacial score (nSPS) is 11.0. The van der Waals surface area contributed by atoms with Crippen LogP contribution in [0.25, 0.3) is 0 Å². The lowest BCUT2D eigenvalue weighted by Crippen LogP contribution is -2.55. The molecule has 104 valence electrons. The first kappa shape index (κ1) is 15.2. The van der Waals surface area contributed by atoms with Gasteiger partial charge in [0.15, 0.2) is 0 Å². The number of carbonyl (C=O) groups excluding carboxylic acids is 1. The van der Waals surface area contributed by atoms with Crippen LogP contribution < -0.4 is 5.43 Å². The number of nitrogens with one attached hydrogen (secondary N) is 1. The first-order chi connectivity index (χ1) is 8.61. The highest BCUT2D eigenvalue weighted by Crippen LogP contribution is 2.13. The van der Waals surface area contributed by atoms with E-state index in [9.17, 15) is 9.59 Å². The van der Waals surface area contributed by atoms with Crippen LogP contribution in [-0.4, -0.2) is 32.6 Å². The first-order valence-electron chi connectivity index (χ1n) is 5.59. The smallest absolute Gasteiger partial charge is 0.426 e. The summed E-state index contributed by atoms with van der Waals surface area (Å²) in [5.41, 5.74) is 2.42. The highest BCUT2D eigenvalue weighted by molar-refractivity contribution is 6.29. The summed E-state index contributed by atoms with van der Waals surface area (Å²) >= 11 is 5.76. The molecule has 6 nitrogen and oxygen atoms in total. The summed E-state index contributed by atoms with van der Waals surface area (Å²) in [7, 11) is 0. The second kappa shape index (κ2) is 5.44. The van der Waals surface area contributed by atoms with Gasteiger partial charge in [0.05, 0.1) is 5.54 Å². The van der Waals surface area contributed by atoms with Gasteiger partial charge in [0.1, 0.15) is 5.15 Å². The minimum atomic E-state index is -1.24. The van der Waals surface area contributed by atoms with Crippen LogP contribution in [0.15, 0.2) is 12.1 Å². The molecule has 19 heavy (non-hydrogen) atoms.